The zero-order chi connectivity index (χ0) is 21.5. The number of hydrogen-bond donors (Lipinski definition) is 1. The molecule has 1 aromatic heterocycles. The average Bonchev–Trinajstić information content (AvgIpc) is 3.24. The van der Waals surface area contributed by atoms with Crippen LogP contribution in [0, 0.1) is 0 Å². The summed E-state index contributed by atoms with van der Waals surface area (Å²) in [5.74, 6) is 1.49. The number of amides is 1. The molecule has 0 spiro atoms. The van der Waals surface area contributed by atoms with Crippen LogP contribution in [0.15, 0.2) is 89.8 Å². The Balaban J connectivity index is 1.44. The van der Waals surface area contributed by atoms with Crippen LogP contribution in [0.2, 0.25) is 0 Å². The van der Waals surface area contributed by atoms with Crippen LogP contribution in [0.5, 0.6) is 5.75 Å². The van der Waals surface area contributed by atoms with Crippen molar-refractivity contribution in [2.75, 3.05) is 18.2 Å². The molecule has 0 unspecified atom stereocenters. The second kappa shape index (κ2) is 10.3. The zero-order valence-electron chi connectivity index (χ0n) is 17.1. The standard InChI is InChI=1S/C25H22N2O2S2/c1-29-20-12-14-21(15-13-20)30-17-16-22(28)26-25-27-23(18-8-4-2-5-9-18)24(31-25)19-10-6-3-7-11-19/h2-15H,16-17H2,1H3,(H,26,27,28). The molecule has 0 aliphatic heterocycles. The number of carbonyl (C=O) groups excluding carboxylic acids is 1. The van der Waals surface area contributed by atoms with Crippen molar-refractivity contribution in [1.29, 1.82) is 0 Å². The molecule has 0 fully saturated rings. The molecule has 1 amide bonds. The minimum Gasteiger partial charge on any atom is -0.497 e. The largest absolute Gasteiger partial charge is 0.497 e. The summed E-state index contributed by atoms with van der Waals surface area (Å²) in [6, 6.07) is 28.1. The topological polar surface area (TPSA) is 51.2 Å². The smallest absolute Gasteiger partial charge is 0.226 e. The van der Waals surface area contributed by atoms with Crippen LogP contribution in [0.4, 0.5) is 5.13 Å². The van der Waals surface area contributed by atoms with Gasteiger partial charge in [0.1, 0.15) is 5.75 Å². The second-order valence-corrected chi connectivity index (χ2v) is 8.92. The molecule has 0 saturated carbocycles. The number of carbonyl (C=O) groups is 1. The quantitative estimate of drug-likeness (QED) is 0.310. The molecule has 31 heavy (non-hydrogen) atoms. The number of nitrogens with one attached hydrogen (secondary N) is 1. The minimum atomic E-state index is -0.0333. The van der Waals surface area contributed by atoms with Crippen LogP contribution < -0.4 is 10.1 Å². The molecular weight excluding hydrogens is 424 g/mol. The number of methoxy groups -OCH3 is 1. The Labute approximate surface area is 190 Å². The predicted octanol–water partition coefficient (Wildman–Crippen LogP) is 6.61. The van der Waals surface area contributed by atoms with E-state index in [1.807, 2.05) is 72.8 Å². The van der Waals surface area contributed by atoms with Gasteiger partial charge < -0.3 is 10.1 Å². The molecule has 0 radical (unpaired) electrons. The summed E-state index contributed by atoms with van der Waals surface area (Å²) in [6.45, 7) is 0. The molecular formula is C25H22N2O2S2. The van der Waals surface area contributed by atoms with Gasteiger partial charge in [-0.15, -0.1) is 11.8 Å². The van der Waals surface area contributed by atoms with E-state index in [0.29, 0.717) is 17.3 Å². The Kier molecular flexibility index (Phi) is 7.02. The first-order chi connectivity index (χ1) is 15.2. The lowest BCUT2D eigenvalue weighted by molar-refractivity contribution is -0.115. The van der Waals surface area contributed by atoms with E-state index in [2.05, 4.69) is 17.4 Å². The molecule has 4 rings (SSSR count). The lowest BCUT2D eigenvalue weighted by Crippen LogP contribution is -2.11. The van der Waals surface area contributed by atoms with Crippen molar-refractivity contribution in [2.24, 2.45) is 0 Å². The number of nitrogens with zero attached hydrogens (tertiary/aromatic N) is 1. The maximum atomic E-state index is 12.5. The number of ether oxygens (including phenoxy) is 1. The van der Waals surface area contributed by atoms with E-state index in [0.717, 1.165) is 32.3 Å². The molecule has 1 N–H and O–H groups in total. The monoisotopic (exact) mass is 446 g/mol. The van der Waals surface area contributed by atoms with Crippen molar-refractivity contribution in [2.45, 2.75) is 11.3 Å². The molecule has 3 aromatic carbocycles. The van der Waals surface area contributed by atoms with Crippen LogP contribution >= 0.6 is 23.1 Å². The van der Waals surface area contributed by atoms with E-state index in [-0.39, 0.29) is 5.91 Å². The van der Waals surface area contributed by atoms with E-state index in [1.165, 1.54) is 11.3 Å². The highest BCUT2D eigenvalue weighted by atomic mass is 32.2. The fraction of sp³-hybridized carbons (Fsp3) is 0.120. The van der Waals surface area contributed by atoms with Gasteiger partial charge >= 0.3 is 0 Å². The summed E-state index contributed by atoms with van der Waals surface area (Å²) < 4.78 is 5.17. The Morgan fingerprint density at radius 1 is 0.935 bits per heavy atom. The van der Waals surface area contributed by atoms with Crippen molar-refractivity contribution < 1.29 is 9.53 Å². The Morgan fingerprint density at radius 2 is 1.58 bits per heavy atom. The number of benzene rings is 3. The minimum absolute atomic E-state index is 0.0333. The summed E-state index contributed by atoms with van der Waals surface area (Å²) in [4.78, 5) is 19.4. The Bertz CT molecular complexity index is 1070. The second-order valence-electron chi connectivity index (χ2n) is 6.75. The first kappa shape index (κ1) is 21.2. The SMILES string of the molecule is COc1ccc(SCCC(=O)Nc2nc(-c3ccccc3)c(-c3ccccc3)s2)cc1. The molecule has 1 heterocycles. The summed E-state index contributed by atoms with van der Waals surface area (Å²) in [5.41, 5.74) is 3.02. The molecule has 4 nitrogen and oxygen atoms in total. The predicted molar refractivity (Wildman–Crippen MR) is 130 cm³/mol. The number of thioether (sulfide) groups is 1. The van der Waals surface area contributed by atoms with Gasteiger partial charge in [0.2, 0.25) is 5.91 Å². The number of rotatable bonds is 8. The van der Waals surface area contributed by atoms with Crippen molar-refractivity contribution in [3.05, 3.63) is 84.9 Å². The van der Waals surface area contributed by atoms with Crippen molar-refractivity contribution in [3.8, 4) is 27.4 Å². The lowest BCUT2D eigenvalue weighted by Gasteiger charge is -2.04. The summed E-state index contributed by atoms with van der Waals surface area (Å²) in [5, 5.41) is 3.60. The highest BCUT2D eigenvalue weighted by Crippen LogP contribution is 2.39. The van der Waals surface area contributed by atoms with Crippen molar-refractivity contribution in [1.82, 2.24) is 4.98 Å². The number of thiazole rings is 1. The average molecular weight is 447 g/mol. The summed E-state index contributed by atoms with van der Waals surface area (Å²) in [7, 11) is 1.65. The van der Waals surface area contributed by atoms with E-state index in [1.54, 1.807) is 18.9 Å². The van der Waals surface area contributed by atoms with Crippen LogP contribution in [-0.4, -0.2) is 23.8 Å². The normalized spacial score (nSPS) is 10.6. The highest BCUT2D eigenvalue weighted by molar-refractivity contribution is 7.99. The van der Waals surface area contributed by atoms with Gasteiger partial charge in [-0.2, -0.15) is 0 Å². The molecule has 0 atom stereocenters. The van der Waals surface area contributed by atoms with E-state index in [4.69, 9.17) is 9.72 Å². The van der Waals surface area contributed by atoms with Gasteiger partial charge in [-0.05, 0) is 29.8 Å². The molecule has 0 bridgehead atoms. The molecule has 6 heteroatoms. The van der Waals surface area contributed by atoms with Gasteiger partial charge in [-0.25, -0.2) is 4.98 Å². The van der Waals surface area contributed by atoms with Gasteiger partial charge in [-0.1, -0.05) is 72.0 Å². The number of anilines is 1. The molecule has 0 saturated heterocycles. The lowest BCUT2D eigenvalue weighted by atomic mass is 10.1. The maximum absolute atomic E-state index is 12.5. The molecule has 0 aliphatic rings. The molecule has 156 valence electrons. The Hall–Kier alpha value is -3.09. The summed E-state index contributed by atoms with van der Waals surface area (Å²) >= 11 is 3.15. The third kappa shape index (κ3) is 5.54. The fourth-order valence-corrected chi connectivity index (χ4v) is 4.93. The highest BCUT2D eigenvalue weighted by Gasteiger charge is 2.16. The molecule has 0 aliphatic carbocycles. The van der Waals surface area contributed by atoms with E-state index < -0.39 is 0 Å². The van der Waals surface area contributed by atoms with Gasteiger partial charge in [0, 0.05) is 22.6 Å². The summed E-state index contributed by atoms with van der Waals surface area (Å²) in [6.07, 6.45) is 0.414. The van der Waals surface area contributed by atoms with Crippen LogP contribution in [0.3, 0.4) is 0 Å². The van der Waals surface area contributed by atoms with Gasteiger partial charge in [0.25, 0.3) is 0 Å². The van der Waals surface area contributed by atoms with E-state index >= 15 is 0 Å². The third-order valence-corrected chi connectivity index (χ3v) is 6.65. The van der Waals surface area contributed by atoms with Gasteiger partial charge in [0.15, 0.2) is 5.13 Å². The first-order valence-corrected chi connectivity index (χ1v) is 11.7. The number of aromatic nitrogens is 1. The van der Waals surface area contributed by atoms with Crippen molar-refractivity contribution >= 4 is 34.1 Å². The first-order valence-electron chi connectivity index (χ1n) is 9.91. The van der Waals surface area contributed by atoms with E-state index in [9.17, 15) is 4.79 Å². The maximum Gasteiger partial charge on any atom is 0.226 e. The van der Waals surface area contributed by atoms with Crippen molar-refractivity contribution in [3.63, 3.8) is 0 Å². The molecule has 4 aromatic rings. The van der Waals surface area contributed by atoms with Crippen LogP contribution in [0.1, 0.15) is 6.42 Å². The van der Waals surface area contributed by atoms with Crippen LogP contribution in [-0.2, 0) is 4.79 Å². The van der Waals surface area contributed by atoms with Gasteiger partial charge in [-0.3, -0.25) is 4.79 Å². The fourth-order valence-electron chi connectivity index (χ4n) is 3.07. The third-order valence-electron chi connectivity index (χ3n) is 4.61. The zero-order valence-corrected chi connectivity index (χ0v) is 18.7. The van der Waals surface area contributed by atoms with Crippen LogP contribution in [0.25, 0.3) is 21.7 Å². The number of hydrogen-bond acceptors (Lipinski definition) is 5. The Morgan fingerprint density at radius 3 is 2.23 bits per heavy atom. The van der Waals surface area contributed by atoms with Gasteiger partial charge in [0.05, 0.1) is 17.7 Å².